The number of hydrazine groups is 1. The number of aromatic nitrogens is 1. The Bertz CT molecular complexity index is 544. The standard InChI is InChI=1S/C15H18N4O/c1-19(11-13-9-5-6-10-17-13)14(15(20)18-16)12-7-3-2-4-8-12/h2-10,14H,11,16H2,1H3,(H,18,20). The number of pyridine rings is 1. The first kappa shape index (κ1) is 14.2. The third-order valence-electron chi connectivity index (χ3n) is 3.08. The van der Waals surface area contributed by atoms with Gasteiger partial charge in [-0.05, 0) is 24.7 Å². The van der Waals surface area contributed by atoms with Gasteiger partial charge in [0.15, 0.2) is 0 Å². The third kappa shape index (κ3) is 3.40. The summed E-state index contributed by atoms with van der Waals surface area (Å²) in [7, 11) is 1.88. The summed E-state index contributed by atoms with van der Waals surface area (Å²) in [6.45, 7) is 0.563. The highest BCUT2D eigenvalue weighted by Crippen LogP contribution is 2.20. The van der Waals surface area contributed by atoms with Gasteiger partial charge in [-0.2, -0.15) is 0 Å². The van der Waals surface area contributed by atoms with E-state index in [0.717, 1.165) is 11.3 Å². The molecule has 1 unspecified atom stereocenters. The molecule has 3 N–H and O–H groups in total. The Kier molecular flexibility index (Phi) is 4.81. The summed E-state index contributed by atoms with van der Waals surface area (Å²) >= 11 is 0. The van der Waals surface area contributed by atoms with Crippen LogP contribution in [-0.2, 0) is 11.3 Å². The van der Waals surface area contributed by atoms with E-state index in [-0.39, 0.29) is 5.91 Å². The molecule has 0 saturated carbocycles. The zero-order valence-corrected chi connectivity index (χ0v) is 11.4. The Morgan fingerprint density at radius 3 is 2.55 bits per heavy atom. The van der Waals surface area contributed by atoms with E-state index < -0.39 is 6.04 Å². The highest BCUT2D eigenvalue weighted by Gasteiger charge is 2.24. The molecule has 5 nitrogen and oxygen atoms in total. The van der Waals surface area contributed by atoms with Crippen LogP contribution in [0.15, 0.2) is 54.7 Å². The van der Waals surface area contributed by atoms with Gasteiger partial charge in [-0.1, -0.05) is 36.4 Å². The Morgan fingerprint density at radius 2 is 1.95 bits per heavy atom. The number of amides is 1. The second kappa shape index (κ2) is 6.79. The molecule has 20 heavy (non-hydrogen) atoms. The Labute approximate surface area is 118 Å². The summed E-state index contributed by atoms with van der Waals surface area (Å²) in [4.78, 5) is 18.2. The monoisotopic (exact) mass is 270 g/mol. The number of nitrogens with two attached hydrogens (primary N) is 1. The summed E-state index contributed by atoms with van der Waals surface area (Å²) in [5.41, 5.74) is 4.03. The van der Waals surface area contributed by atoms with Crippen LogP contribution in [0.4, 0.5) is 0 Å². The van der Waals surface area contributed by atoms with Crippen molar-refractivity contribution in [1.82, 2.24) is 15.3 Å². The molecule has 104 valence electrons. The van der Waals surface area contributed by atoms with Crippen molar-refractivity contribution in [3.8, 4) is 0 Å². The molecule has 1 aromatic carbocycles. The van der Waals surface area contributed by atoms with Crippen molar-refractivity contribution in [2.75, 3.05) is 7.05 Å². The van der Waals surface area contributed by atoms with Gasteiger partial charge in [0.25, 0.3) is 5.91 Å². The molecule has 0 aliphatic carbocycles. The van der Waals surface area contributed by atoms with Crippen LogP contribution in [0.2, 0.25) is 0 Å². The number of carbonyl (C=O) groups is 1. The van der Waals surface area contributed by atoms with E-state index in [1.807, 2.05) is 60.5 Å². The van der Waals surface area contributed by atoms with E-state index in [1.54, 1.807) is 6.20 Å². The van der Waals surface area contributed by atoms with Crippen molar-refractivity contribution < 1.29 is 4.79 Å². The lowest BCUT2D eigenvalue weighted by Gasteiger charge is -2.26. The van der Waals surface area contributed by atoms with Gasteiger partial charge in [-0.3, -0.25) is 20.1 Å². The maximum atomic E-state index is 12.0. The van der Waals surface area contributed by atoms with Crippen LogP contribution in [0, 0.1) is 0 Å². The molecule has 5 heteroatoms. The van der Waals surface area contributed by atoms with Crippen molar-refractivity contribution >= 4 is 5.91 Å². The molecule has 0 bridgehead atoms. The maximum Gasteiger partial charge on any atom is 0.255 e. The van der Waals surface area contributed by atoms with E-state index in [0.29, 0.717) is 6.54 Å². The van der Waals surface area contributed by atoms with Gasteiger partial charge in [-0.15, -0.1) is 0 Å². The fourth-order valence-electron chi connectivity index (χ4n) is 2.16. The number of hydrogen-bond acceptors (Lipinski definition) is 4. The summed E-state index contributed by atoms with van der Waals surface area (Å²) in [5.74, 6) is 5.06. The lowest BCUT2D eigenvalue weighted by molar-refractivity contribution is -0.126. The van der Waals surface area contributed by atoms with Crippen LogP contribution < -0.4 is 11.3 Å². The molecule has 2 rings (SSSR count). The van der Waals surface area contributed by atoms with Gasteiger partial charge >= 0.3 is 0 Å². The maximum absolute atomic E-state index is 12.0. The second-order valence-electron chi connectivity index (χ2n) is 4.56. The molecule has 1 atom stereocenters. The summed E-state index contributed by atoms with van der Waals surface area (Å²) in [5, 5.41) is 0. The lowest BCUT2D eigenvalue weighted by Crippen LogP contribution is -2.41. The van der Waals surface area contributed by atoms with E-state index in [2.05, 4.69) is 10.4 Å². The van der Waals surface area contributed by atoms with Crippen molar-refractivity contribution in [3.63, 3.8) is 0 Å². The van der Waals surface area contributed by atoms with Gasteiger partial charge in [0.1, 0.15) is 6.04 Å². The highest BCUT2D eigenvalue weighted by molar-refractivity contribution is 5.82. The van der Waals surface area contributed by atoms with Crippen molar-refractivity contribution in [1.29, 1.82) is 0 Å². The van der Waals surface area contributed by atoms with E-state index in [1.165, 1.54) is 0 Å². The van der Waals surface area contributed by atoms with Gasteiger partial charge in [-0.25, -0.2) is 5.84 Å². The number of rotatable bonds is 5. The van der Waals surface area contributed by atoms with E-state index in [9.17, 15) is 4.79 Å². The van der Waals surface area contributed by atoms with Crippen LogP contribution in [-0.4, -0.2) is 22.8 Å². The van der Waals surface area contributed by atoms with E-state index >= 15 is 0 Å². The average Bonchev–Trinajstić information content (AvgIpc) is 2.49. The topological polar surface area (TPSA) is 71.2 Å². The first-order valence-corrected chi connectivity index (χ1v) is 6.38. The number of benzene rings is 1. The SMILES string of the molecule is CN(Cc1ccccn1)C(C(=O)NN)c1ccccc1. The number of hydrogen-bond donors (Lipinski definition) is 2. The number of likely N-dealkylation sites (N-methyl/N-ethyl adjacent to an activating group) is 1. The van der Waals surface area contributed by atoms with Crippen molar-refractivity contribution in [2.24, 2.45) is 5.84 Å². The third-order valence-corrected chi connectivity index (χ3v) is 3.08. The number of nitrogens with zero attached hydrogens (tertiary/aromatic N) is 2. The summed E-state index contributed by atoms with van der Waals surface area (Å²) < 4.78 is 0. The second-order valence-corrected chi connectivity index (χ2v) is 4.56. The number of carbonyl (C=O) groups excluding carboxylic acids is 1. The van der Waals surface area contributed by atoms with Crippen molar-refractivity contribution in [2.45, 2.75) is 12.6 Å². The minimum Gasteiger partial charge on any atom is -0.293 e. The van der Waals surface area contributed by atoms with Crippen LogP contribution in [0.1, 0.15) is 17.3 Å². The molecule has 0 saturated heterocycles. The molecule has 0 aliphatic rings. The van der Waals surface area contributed by atoms with Crippen LogP contribution in [0.5, 0.6) is 0 Å². The van der Waals surface area contributed by atoms with Crippen LogP contribution >= 0.6 is 0 Å². The molecule has 0 radical (unpaired) electrons. The zero-order chi connectivity index (χ0) is 14.4. The number of nitrogens with one attached hydrogen (secondary N) is 1. The molecule has 0 fully saturated rings. The lowest BCUT2D eigenvalue weighted by atomic mass is 10.0. The Hall–Kier alpha value is -2.24. The smallest absolute Gasteiger partial charge is 0.255 e. The zero-order valence-electron chi connectivity index (χ0n) is 11.4. The molecule has 1 amide bonds. The van der Waals surface area contributed by atoms with Gasteiger partial charge in [0.2, 0.25) is 0 Å². The molecular weight excluding hydrogens is 252 g/mol. The fourth-order valence-corrected chi connectivity index (χ4v) is 2.16. The molecule has 1 aromatic heterocycles. The largest absolute Gasteiger partial charge is 0.293 e. The highest BCUT2D eigenvalue weighted by atomic mass is 16.2. The van der Waals surface area contributed by atoms with Gasteiger partial charge in [0, 0.05) is 12.7 Å². The van der Waals surface area contributed by atoms with Crippen molar-refractivity contribution in [3.05, 3.63) is 66.0 Å². The molecule has 0 spiro atoms. The van der Waals surface area contributed by atoms with E-state index in [4.69, 9.17) is 5.84 Å². The molecular formula is C15H18N4O. The quantitative estimate of drug-likeness (QED) is 0.487. The average molecular weight is 270 g/mol. The minimum atomic E-state index is -0.441. The Balaban J connectivity index is 2.21. The molecule has 0 aliphatic heterocycles. The Morgan fingerprint density at radius 1 is 1.25 bits per heavy atom. The van der Waals surface area contributed by atoms with Crippen LogP contribution in [0.3, 0.4) is 0 Å². The minimum absolute atomic E-state index is 0.241. The van der Waals surface area contributed by atoms with Crippen LogP contribution in [0.25, 0.3) is 0 Å². The predicted molar refractivity (Wildman–Crippen MR) is 77.2 cm³/mol. The summed E-state index contributed by atoms with van der Waals surface area (Å²) in [6.07, 6.45) is 1.74. The first-order valence-electron chi connectivity index (χ1n) is 6.38. The summed E-state index contributed by atoms with van der Waals surface area (Å²) in [6, 6.07) is 14.8. The predicted octanol–water partition coefficient (Wildman–Crippen LogP) is 1.24. The molecule has 1 heterocycles. The van der Waals surface area contributed by atoms with Gasteiger partial charge < -0.3 is 0 Å². The normalized spacial score (nSPS) is 12.2. The molecule has 2 aromatic rings. The van der Waals surface area contributed by atoms with Gasteiger partial charge in [0.05, 0.1) is 5.69 Å². The first-order chi connectivity index (χ1) is 9.72. The fraction of sp³-hybridized carbons (Fsp3) is 0.200.